The first-order chi connectivity index (χ1) is 10.7. The molecule has 2 rings (SSSR count). The molecule has 0 aliphatic heterocycles. The van der Waals surface area contributed by atoms with Crippen LogP contribution in [0.15, 0.2) is 61.2 Å². The van der Waals surface area contributed by atoms with Crippen molar-refractivity contribution in [2.45, 2.75) is 6.42 Å². The molecule has 0 radical (unpaired) electrons. The lowest BCUT2D eigenvalue weighted by molar-refractivity contribution is -0.137. The predicted octanol–water partition coefficient (Wildman–Crippen LogP) is 3.56. The van der Waals surface area contributed by atoms with Gasteiger partial charge in [0.05, 0.1) is 13.2 Å². The van der Waals surface area contributed by atoms with E-state index < -0.39 is 5.97 Å². The number of hydrogen-bond acceptors (Lipinski definition) is 4. The van der Waals surface area contributed by atoms with E-state index >= 15 is 0 Å². The van der Waals surface area contributed by atoms with Gasteiger partial charge in [-0.2, -0.15) is 0 Å². The van der Waals surface area contributed by atoms with Crippen molar-refractivity contribution < 1.29 is 19.4 Å². The second-order valence-electron chi connectivity index (χ2n) is 4.64. The van der Waals surface area contributed by atoms with Gasteiger partial charge in [-0.05, 0) is 35.4 Å². The highest BCUT2D eigenvalue weighted by atomic mass is 16.5. The van der Waals surface area contributed by atoms with E-state index in [4.69, 9.17) is 9.47 Å². The Morgan fingerprint density at radius 3 is 2.18 bits per heavy atom. The Hall–Kier alpha value is -2.75. The van der Waals surface area contributed by atoms with Crippen molar-refractivity contribution in [1.82, 2.24) is 0 Å². The molecule has 0 atom stereocenters. The Kier molecular flexibility index (Phi) is 5.60. The standard InChI is InChI=1S/C18H18O4/c1-2-18(20)22-13-3-12-21-17-10-6-15(7-11-17)14-4-8-16(19)9-5-14/h2,4-11,19H,1,3,12-13H2. The first-order valence-electron chi connectivity index (χ1n) is 7.00. The van der Waals surface area contributed by atoms with Crippen molar-refractivity contribution in [2.75, 3.05) is 13.2 Å². The molecule has 0 saturated heterocycles. The molecule has 114 valence electrons. The number of benzene rings is 2. The maximum atomic E-state index is 10.8. The van der Waals surface area contributed by atoms with Crippen LogP contribution in [0.2, 0.25) is 0 Å². The topological polar surface area (TPSA) is 55.8 Å². The molecular formula is C18H18O4. The maximum absolute atomic E-state index is 10.8. The Balaban J connectivity index is 1.81. The fraction of sp³-hybridized carbons (Fsp3) is 0.167. The quantitative estimate of drug-likeness (QED) is 0.482. The van der Waals surface area contributed by atoms with Gasteiger partial charge in [0.15, 0.2) is 0 Å². The molecule has 0 bridgehead atoms. The van der Waals surface area contributed by atoms with Gasteiger partial charge < -0.3 is 14.6 Å². The van der Waals surface area contributed by atoms with Gasteiger partial charge in [-0.25, -0.2) is 4.79 Å². The maximum Gasteiger partial charge on any atom is 0.330 e. The van der Waals surface area contributed by atoms with E-state index in [0.717, 1.165) is 23.0 Å². The number of ether oxygens (including phenoxy) is 2. The molecule has 0 spiro atoms. The minimum absolute atomic E-state index is 0.251. The van der Waals surface area contributed by atoms with Crippen LogP contribution in [0.5, 0.6) is 11.5 Å². The number of rotatable bonds is 7. The molecule has 0 fully saturated rings. The summed E-state index contributed by atoms with van der Waals surface area (Å²) in [4.78, 5) is 10.8. The van der Waals surface area contributed by atoms with Crippen LogP contribution in [-0.2, 0) is 9.53 Å². The summed E-state index contributed by atoms with van der Waals surface area (Å²) in [5.74, 6) is 0.594. The molecule has 0 aliphatic carbocycles. The highest BCUT2D eigenvalue weighted by molar-refractivity contribution is 5.81. The van der Waals surface area contributed by atoms with Crippen LogP contribution in [0, 0.1) is 0 Å². The van der Waals surface area contributed by atoms with E-state index in [2.05, 4.69) is 6.58 Å². The van der Waals surface area contributed by atoms with Gasteiger partial charge in [0.1, 0.15) is 11.5 Å². The van der Waals surface area contributed by atoms with Crippen molar-refractivity contribution in [1.29, 1.82) is 0 Å². The summed E-state index contributed by atoms with van der Waals surface area (Å²) in [6, 6.07) is 14.7. The van der Waals surface area contributed by atoms with Gasteiger partial charge in [0.25, 0.3) is 0 Å². The fourth-order valence-corrected chi connectivity index (χ4v) is 1.88. The Morgan fingerprint density at radius 1 is 1.00 bits per heavy atom. The molecule has 0 unspecified atom stereocenters. The molecule has 4 heteroatoms. The number of carbonyl (C=O) groups excluding carboxylic acids is 1. The van der Waals surface area contributed by atoms with Gasteiger partial charge in [-0.15, -0.1) is 0 Å². The Labute approximate surface area is 129 Å². The van der Waals surface area contributed by atoms with Gasteiger partial charge in [0.2, 0.25) is 0 Å². The van der Waals surface area contributed by atoms with Gasteiger partial charge in [-0.1, -0.05) is 30.8 Å². The zero-order chi connectivity index (χ0) is 15.8. The van der Waals surface area contributed by atoms with E-state index in [1.54, 1.807) is 12.1 Å². The van der Waals surface area contributed by atoms with Crippen LogP contribution in [0.4, 0.5) is 0 Å². The minimum Gasteiger partial charge on any atom is -0.508 e. The third-order valence-electron chi connectivity index (χ3n) is 3.02. The number of carbonyl (C=O) groups is 1. The van der Waals surface area contributed by atoms with E-state index in [1.807, 2.05) is 36.4 Å². The molecule has 2 aromatic rings. The van der Waals surface area contributed by atoms with Gasteiger partial charge in [-0.3, -0.25) is 0 Å². The number of phenols is 1. The molecule has 0 aliphatic rings. The smallest absolute Gasteiger partial charge is 0.330 e. The molecule has 4 nitrogen and oxygen atoms in total. The third-order valence-corrected chi connectivity index (χ3v) is 3.02. The summed E-state index contributed by atoms with van der Waals surface area (Å²) in [7, 11) is 0. The highest BCUT2D eigenvalue weighted by Gasteiger charge is 2.00. The van der Waals surface area contributed by atoms with Crippen LogP contribution >= 0.6 is 0 Å². The summed E-state index contributed by atoms with van der Waals surface area (Å²) in [6.07, 6.45) is 1.77. The Bertz CT molecular complexity index is 615. The normalized spacial score (nSPS) is 10.0. The van der Waals surface area contributed by atoms with E-state index in [1.165, 1.54) is 0 Å². The van der Waals surface area contributed by atoms with Crippen molar-refractivity contribution >= 4 is 5.97 Å². The molecule has 0 aromatic heterocycles. The molecule has 0 heterocycles. The van der Waals surface area contributed by atoms with Gasteiger partial charge in [0, 0.05) is 12.5 Å². The van der Waals surface area contributed by atoms with E-state index in [9.17, 15) is 9.90 Å². The van der Waals surface area contributed by atoms with Crippen molar-refractivity contribution in [3.05, 3.63) is 61.2 Å². The van der Waals surface area contributed by atoms with Crippen molar-refractivity contribution in [3.63, 3.8) is 0 Å². The SMILES string of the molecule is C=CC(=O)OCCCOc1ccc(-c2ccc(O)cc2)cc1. The summed E-state index contributed by atoms with van der Waals surface area (Å²) < 4.78 is 10.4. The first-order valence-corrected chi connectivity index (χ1v) is 7.00. The summed E-state index contributed by atoms with van der Waals surface area (Å²) in [5, 5.41) is 9.28. The number of hydrogen-bond donors (Lipinski definition) is 1. The van der Waals surface area contributed by atoms with Gasteiger partial charge >= 0.3 is 5.97 Å². The zero-order valence-electron chi connectivity index (χ0n) is 12.2. The third kappa shape index (κ3) is 4.66. The van der Waals surface area contributed by atoms with Crippen LogP contribution < -0.4 is 4.74 Å². The lowest BCUT2D eigenvalue weighted by Gasteiger charge is -2.08. The van der Waals surface area contributed by atoms with E-state index in [0.29, 0.717) is 19.6 Å². The highest BCUT2D eigenvalue weighted by Crippen LogP contribution is 2.24. The first kappa shape index (κ1) is 15.6. The van der Waals surface area contributed by atoms with Crippen LogP contribution in [0.3, 0.4) is 0 Å². The second kappa shape index (κ2) is 7.88. The van der Waals surface area contributed by atoms with Crippen LogP contribution in [0.25, 0.3) is 11.1 Å². The fourth-order valence-electron chi connectivity index (χ4n) is 1.88. The Morgan fingerprint density at radius 2 is 1.59 bits per heavy atom. The summed E-state index contributed by atoms with van der Waals surface area (Å²) in [5.41, 5.74) is 2.08. The summed E-state index contributed by atoms with van der Waals surface area (Å²) in [6.45, 7) is 4.12. The van der Waals surface area contributed by atoms with Crippen molar-refractivity contribution in [3.8, 4) is 22.6 Å². The lowest BCUT2D eigenvalue weighted by atomic mass is 10.1. The molecule has 0 saturated carbocycles. The number of phenolic OH excluding ortho intramolecular Hbond substituents is 1. The molecule has 22 heavy (non-hydrogen) atoms. The average molecular weight is 298 g/mol. The molecule has 2 aromatic carbocycles. The number of aromatic hydroxyl groups is 1. The molecular weight excluding hydrogens is 280 g/mol. The lowest BCUT2D eigenvalue weighted by Crippen LogP contribution is -2.06. The second-order valence-corrected chi connectivity index (χ2v) is 4.64. The minimum atomic E-state index is -0.418. The predicted molar refractivity (Wildman–Crippen MR) is 84.8 cm³/mol. The average Bonchev–Trinajstić information content (AvgIpc) is 2.55. The van der Waals surface area contributed by atoms with Crippen molar-refractivity contribution in [2.24, 2.45) is 0 Å². The summed E-state index contributed by atoms with van der Waals surface area (Å²) >= 11 is 0. The molecule has 1 N–H and O–H groups in total. The monoisotopic (exact) mass is 298 g/mol. The van der Waals surface area contributed by atoms with E-state index in [-0.39, 0.29) is 5.75 Å². The number of esters is 1. The molecule has 0 amide bonds. The van der Waals surface area contributed by atoms with Crippen LogP contribution in [-0.4, -0.2) is 24.3 Å². The van der Waals surface area contributed by atoms with Crippen LogP contribution in [0.1, 0.15) is 6.42 Å². The zero-order valence-corrected chi connectivity index (χ0v) is 12.2. The largest absolute Gasteiger partial charge is 0.508 e.